The van der Waals surface area contributed by atoms with Crippen molar-refractivity contribution in [3.63, 3.8) is 0 Å². The number of thiocarbonyl (C=S) groups is 1. The molecular weight excluding hydrogens is 342 g/mol. The summed E-state index contributed by atoms with van der Waals surface area (Å²) in [5.74, 6) is 0.783. The SMILES string of the molecule is COCCCNC(=S)NN=Cc1ccc(OC)c(Br)c1. The molecule has 1 rings (SSSR count). The van der Waals surface area contributed by atoms with Crippen LogP contribution in [0.25, 0.3) is 0 Å². The number of rotatable bonds is 7. The van der Waals surface area contributed by atoms with Gasteiger partial charge in [0.25, 0.3) is 0 Å². The van der Waals surface area contributed by atoms with Gasteiger partial charge in [0.2, 0.25) is 0 Å². The lowest BCUT2D eigenvalue weighted by Gasteiger charge is -2.06. The molecule has 0 aliphatic heterocycles. The van der Waals surface area contributed by atoms with E-state index in [4.69, 9.17) is 21.7 Å². The monoisotopic (exact) mass is 359 g/mol. The Morgan fingerprint density at radius 2 is 2.25 bits per heavy atom. The van der Waals surface area contributed by atoms with Crippen molar-refractivity contribution >= 4 is 39.5 Å². The molecule has 0 aromatic heterocycles. The van der Waals surface area contributed by atoms with Gasteiger partial charge in [0.1, 0.15) is 5.75 Å². The highest BCUT2D eigenvalue weighted by atomic mass is 79.9. The molecule has 0 aliphatic carbocycles. The molecule has 110 valence electrons. The number of nitrogens with zero attached hydrogens (tertiary/aromatic N) is 1. The van der Waals surface area contributed by atoms with Crippen LogP contribution in [0.4, 0.5) is 0 Å². The molecule has 0 unspecified atom stereocenters. The van der Waals surface area contributed by atoms with Gasteiger partial charge in [-0.3, -0.25) is 5.43 Å². The standard InChI is InChI=1S/C13H18BrN3O2S/c1-18-7-3-6-15-13(20)17-16-9-10-4-5-12(19-2)11(14)8-10/h4-5,8-9H,3,6-7H2,1-2H3,(H2,15,17,20). The van der Waals surface area contributed by atoms with Crippen LogP contribution in [0.15, 0.2) is 27.8 Å². The Morgan fingerprint density at radius 3 is 2.90 bits per heavy atom. The fourth-order valence-corrected chi connectivity index (χ4v) is 2.10. The Morgan fingerprint density at radius 1 is 1.45 bits per heavy atom. The lowest BCUT2D eigenvalue weighted by Crippen LogP contribution is -2.33. The maximum Gasteiger partial charge on any atom is 0.186 e. The number of hydrogen-bond acceptors (Lipinski definition) is 4. The summed E-state index contributed by atoms with van der Waals surface area (Å²) in [4.78, 5) is 0. The van der Waals surface area contributed by atoms with Crippen LogP contribution in [0, 0.1) is 0 Å². The third-order valence-corrected chi connectivity index (χ3v) is 3.22. The highest BCUT2D eigenvalue weighted by Crippen LogP contribution is 2.24. The van der Waals surface area contributed by atoms with E-state index in [0.717, 1.165) is 28.8 Å². The summed E-state index contributed by atoms with van der Waals surface area (Å²) >= 11 is 8.50. The molecule has 0 fully saturated rings. The van der Waals surface area contributed by atoms with Crippen molar-refractivity contribution in [2.24, 2.45) is 5.10 Å². The van der Waals surface area contributed by atoms with Gasteiger partial charge in [-0.2, -0.15) is 5.10 Å². The van der Waals surface area contributed by atoms with Crippen molar-refractivity contribution in [2.75, 3.05) is 27.4 Å². The van der Waals surface area contributed by atoms with Crippen molar-refractivity contribution < 1.29 is 9.47 Å². The predicted molar refractivity (Wildman–Crippen MR) is 88.5 cm³/mol. The summed E-state index contributed by atoms with van der Waals surface area (Å²) in [6, 6.07) is 5.69. The fraction of sp³-hybridized carbons (Fsp3) is 0.385. The minimum atomic E-state index is 0.491. The minimum Gasteiger partial charge on any atom is -0.496 e. The average Bonchev–Trinajstić information content (AvgIpc) is 2.44. The molecule has 20 heavy (non-hydrogen) atoms. The van der Waals surface area contributed by atoms with Crippen LogP contribution in [-0.4, -0.2) is 38.7 Å². The Kier molecular flexibility index (Phi) is 8.17. The molecule has 0 atom stereocenters. The smallest absolute Gasteiger partial charge is 0.186 e. The Hall–Kier alpha value is -1.18. The molecule has 5 nitrogen and oxygen atoms in total. The molecule has 0 saturated heterocycles. The topological polar surface area (TPSA) is 54.9 Å². The highest BCUT2D eigenvalue weighted by Gasteiger charge is 1.99. The van der Waals surface area contributed by atoms with Gasteiger partial charge in [0, 0.05) is 20.3 Å². The van der Waals surface area contributed by atoms with Crippen LogP contribution in [0.1, 0.15) is 12.0 Å². The molecule has 2 N–H and O–H groups in total. The lowest BCUT2D eigenvalue weighted by molar-refractivity contribution is 0.195. The first-order valence-corrected chi connectivity index (χ1v) is 7.27. The summed E-state index contributed by atoms with van der Waals surface area (Å²) in [5, 5.41) is 7.59. The summed E-state index contributed by atoms with van der Waals surface area (Å²) in [7, 11) is 3.30. The number of nitrogens with one attached hydrogen (secondary N) is 2. The predicted octanol–water partition coefficient (Wildman–Crippen LogP) is 2.29. The van der Waals surface area contributed by atoms with Gasteiger partial charge in [0.05, 0.1) is 17.8 Å². The van der Waals surface area contributed by atoms with E-state index in [-0.39, 0.29) is 0 Å². The van der Waals surface area contributed by atoms with E-state index in [1.807, 2.05) is 18.2 Å². The molecule has 0 radical (unpaired) electrons. The van der Waals surface area contributed by atoms with Crippen molar-refractivity contribution in [1.29, 1.82) is 0 Å². The largest absolute Gasteiger partial charge is 0.496 e. The molecule has 0 spiro atoms. The van der Waals surface area contributed by atoms with E-state index in [9.17, 15) is 0 Å². The van der Waals surface area contributed by atoms with E-state index < -0.39 is 0 Å². The normalized spacial score (nSPS) is 10.6. The van der Waals surface area contributed by atoms with Gasteiger partial charge in [-0.1, -0.05) is 0 Å². The molecule has 0 heterocycles. The number of benzene rings is 1. The van der Waals surface area contributed by atoms with Crippen LogP contribution in [-0.2, 0) is 4.74 Å². The number of hydrogen-bond donors (Lipinski definition) is 2. The van der Waals surface area contributed by atoms with Gasteiger partial charge < -0.3 is 14.8 Å². The molecule has 0 aliphatic rings. The summed E-state index contributed by atoms with van der Waals surface area (Å²) in [5.41, 5.74) is 3.70. The second-order valence-electron chi connectivity index (χ2n) is 3.87. The fourth-order valence-electron chi connectivity index (χ4n) is 1.39. The van der Waals surface area contributed by atoms with E-state index in [0.29, 0.717) is 11.7 Å². The van der Waals surface area contributed by atoms with E-state index in [1.165, 1.54) is 0 Å². The van der Waals surface area contributed by atoms with Gasteiger partial charge in [0.15, 0.2) is 5.11 Å². The third kappa shape index (κ3) is 6.31. The molecule has 0 bridgehead atoms. The minimum absolute atomic E-state index is 0.491. The van der Waals surface area contributed by atoms with Crippen LogP contribution >= 0.6 is 28.1 Å². The Balaban J connectivity index is 2.37. The van der Waals surface area contributed by atoms with E-state index in [2.05, 4.69) is 31.8 Å². The molecule has 1 aromatic carbocycles. The average molecular weight is 360 g/mol. The first-order valence-electron chi connectivity index (χ1n) is 6.06. The van der Waals surface area contributed by atoms with E-state index in [1.54, 1.807) is 20.4 Å². The zero-order valence-corrected chi connectivity index (χ0v) is 13.9. The van der Waals surface area contributed by atoms with Gasteiger partial charge >= 0.3 is 0 Å². The summed E-state index contributed by atoms with van der Waals surface area (Å²) < 4.78 is 11.0. The number of hydrazone groups is 1. The zero-order chi connectivity index (χ0) is 14.8. The van der Waals surface area contributed by atoms with E-state index >= 15 is 0 Å². The molecule has 1 aromatic rings. The summed E-state index contributed by atoms with van der Waals surface area (Å²) in [6.45, 7) is 1.46. The number of ether oxygens (including phenoxy) is 2. The lowest BCUT2D eigenvalue weighted by atomic mass is 10.2. The van der Waals surface area contributed by atoms with Crippen LogP contribution in [0.3, 0.4) is 0 Å². The summed E-state index contributed by atoms with van der Waals surface area (Å²) in [6.07, 6.45) is 2.58. The number of halogens is 1. The maximum atomic E-state index is 5.16. The van der Waals surface area contributed by atoms with Crippen molar-refractivity contribution in [3.8, 4) is 5.75 Å². The third-order valence-electron chi connectivity index (χ3n) is 2.37. The van der Waals surface area contributed by atoms with Crippen molar-refractivity contribution in [2.45, 2.75) is 6.42 Å². The van der Waals surface area contributed by atoms with Crippen LogP contribution < -0.4 is 15.5 Å². The zero-order valence-electron chi connectivity index (χ0n) is 11.5. The molecular formula is C13H18BrN3O2S. The van der Waals surface area contributed by atoms with Crippen molar-refractivity contribution in [3.05, 3.63) is 28.2 Å². The second kappa shape index (κ2) is 9.68. The first kappa shape index (κ1) is 16.9. The molecule has 7 heteroatoms. The Labute approximate surface area is 132 Å². The number of methoxy groups -OCH3 is 2. The quantitative estimate of drug-likeness (QED) is 0.338. The van der Waals surface area contributed by atoms with Gasteiger partial charge in [-0.05, 0) is 58.3 Å². The van der Waals surface area contributed by atoms with Gasteiger partial charge in [-0.15, -0.1) is 0 Å². The van der Waals surface area contributed by atoms with Crippen LogP contribution in [0.2, 0.25) is 0 Å². The molecule has 0 amide bonds. The maximum absolute atomic E-state index is 5.16. The van der Waals surface area contributed by atoms with Crippen LogP contribution in [0.5, 0.6) is 5.75 Å². The second-order valence-corrected chi connectivity index (χ2v) is 5.13. The Bertz CT molecular complexity index is 469. The molecule has 0 saturated carbocycles. The first-order chi connectivity index (χ1) is 9.67. The van der Waals surface area contributed by atoms with Gasteiger partial charge in [-0.25, -0.2) is 0 Å². The van der Waals surface area contributed by atoms with Crippen molar-refractivity contribution in [1.82, 2.24) is 10.7 Å². The highest BCUT2D eigenvalue weighted by molar-refractivity contribution is 9.10.